The minimum Gasteiger partial charge on any atom is -0.324 e. The lowest BCUT2D eigenvalue weighted by molar-refractivity contribution is 0.572. The van der Waals surface area contributed by atoms with E-state index in [0.717, 1.165) is 12.1 Å². The first-order valence-electron chi connectivity index (χ1n) is 3.43. The van der Waals surface area contributed by atoms with Crippen LogP contribution in [0.2, 0.25) is 5.02 Å². The highest BCUT2D eigenvalue weighted by Crippen LogP contribution is 2.26. The first-order chi connectivity index (χ1) is 5.54. The van der Waals surface area contributed by atoms with Crippen molar-refractivity contribution in [2.75, 3.05) is 0 Å². The number of rotatable bonds is 1. The van der Waals surface area contributed by atoms with Gasteiger partial charge in [0.15, 0.2) is 0 Å². The van der Waals surface area contributed by atoms with E-state index in [1.165, 1.54) is 0 Å². The third kappa shape index (κ3) is 1.57. The number of halogens is 3. The monoisotopic (exact) mass is 191 g/mol. The quantitative estimate of drug-likeness (QED) is 0.679. The van der Waals surface area contributed by atoms with Gasteiger partial charge in [0.2, 0.25) is 0 Å². The smallest absolute Gasteiger partial charge is 0.142 e. The summed E-state index contributed by atoms with van der Waals surface area (Å²) < 4.78 is 25.7. The van der Waals surface area contributed by atoms with Gasteiger partial charge in [-0.2, -0.15) is 0 Å². The molecule has 1 aromatic rings. The molecule has 0 aromatic heterocycles. The van der Waals surface area contributed by atoms with Crippen LogP contribution >= 0.6 is 11.6 Å². The highest BCUT2D eigenvalue weighted by molar-refractivity contribution is 6.31. The maximum Gasteiger partial charge on any atom is 0.142 e. The van der Waals surface area contributed by atoms with Crippen molar-refractivity contribution in [1.29, 1.82) is 0 Å². The van der Waals surface area contributed by atoms with Gasteiger partial charge in [-0.15, -0.1) is 0 Å². The Balaban J connectivity index is 3.33. The fourth-order valence-corrected chi connectivity index (χ4v) is 1.29. The van der Waals surface area contributed by atoms with Gasteiger partial charge in [-0.3, -0.25) is 0 Å². The van der Waals surface area contributed by atoms with Crippen LogP contribution in [0.25, 0.3) is 0 Å². The van der Waals surface area contributed by atoms with Gasteiger partial charge < -0.3 is 5.73 Å². The first kappa shape index (κ1) is 9.42. The van der Waals surface area contributed by atoms with Crippen LogP contribution in [-0.4, -0.2) is 0 Å². The van der Waals surface area contributed by atoms with Crippen molar-refractivity contribution in [3.8, 4) is 0 Å². The van der Waals surface area contributed by atoms with E-state index in [2.05, 4.69) is 0 Å². The zero-order valence-electron chi connectivity index (χ0n) is 6.44. The second-order valence-electron chi connectivity index (χ2n) is 2.55. The van der Waals surface area contributed by atoms with E-state index >= 15 is 0 Å². The molecule has 0 spiro atoms. The molecule has 1 atom stereocenters. The summed E-state index contributed by atoms with van der Waals surface area (Å²) in [6, 6.07) is 1.39. The second-order valence-corrected chi connectivity index (χ2v) is 2.92. The molecule has 66 valence electrons. The molecule has 2 N–H and O–H groups in total. The molecule has 1 aromatic carbocycles. The van der Waals surface area contributed by atoms with Crippen molar-refractivity contribution in [2.24, 2.45) is 5.73 Å². The van der Waals surface area contributed by atoms with Crippen molar-refractivity contribution in [1.82, 2.24) is 0 Å². The van der Waals surface area contributed by atoms with Crippen LogP contribution in [0.1, 0.15) is 18.5 Å². The van der Waals surface area contributed by atoms with Crippen molar-refractivity contribution in [3.63, 3.8) is 0 Å². The number of hydrogen-bond acceptors (Lipinski definition) is 1. The molecule has 0 heterocycles. The molecule has 0 aliphatic rings. The maximum absolute atomic E-state index is 13.0. The van der Waals surface area contributed by atoms with Crippen LogP contribution in [0.3, 0.4) is 0 Å². The molecule has 0 saturated heterocycles. The minimum atomic E-state index is -0.648. The Kier molecular flexibility index (Phi) is 2.65. The Bertz CT molecular complexity index is 299. The lowest BCUT2D eigenvalue weighted by atomic mass is 10.1. The molecule has 4 heteroatoms. The summed E-state index contributed by atoms with van der Waals surface area (Å²) in [6.07, 6.45) is 0. The highest BCUT2D eigenvalue weighted by atomic mass is 35.5. The van der Waals surface area contributed by atoms with Crippen LogP contribution in [0.4, 0.5) is 8.78 Å². The average Bonchev–Trinajstić information content (AvgIpc) is 1.97. The topological polar surface area (TPSA) is 26.0 Å². The summed E-state index contributed by atoms with van der Waals surface area (Å²) in [6.45, 7) is 1.55. The Morgan fingerprint density at radius 1 is 1.33 bits per heavy atom. The van der Waals surface area contributed by atoms with Crippen molar-refractivity contribution in [2.45, 2.75) is 13.0 Å². The number of hydrogen-bond donors (Lipinski definition) is 1. The van der Waals surface area contributed by atoms with E-state index in [1.54, 1.807) is 6.92 Å². The van der Waals surface area contributed by atoms with E-state index < -0.39 is 17.7 Å². The molecule has 0 bridgehead atoms. The molecular weight excluding hydrogens is 184 g/mol. The van der Waals surface area contributed by atoms with Crippen molar-refractivity contribution < 1.29 is 8.78 Å². The molecule has 0 saturated carbocycles. The molecule has 0 unspecified atom stereocenters. The normalized spacial score (nSPS) is 13.1. The van der Waals surface area contributed by atoms with E-state index in [1.807, 2.05) is 0 Å². The summed E-state index contributed by atoms with van der Waals surface area (Å²) in [5.41, 5.74) is 5.42. The average molecular weight is 192 g/mol. The van der Waals surface area contributed by atoms with Gasteiger partial charge in [0.1, 0.15) is 11.6 Å². The molecule has 1 rings (SSSR count). The Morgan fingerprint density at radius 2 is 1.83 bits per heavy atom. The third-order valence-electron chi connectivity index (χ3n) is 1.53. The maximum atomic E-state index is 13.0. The van der Waals surface area contributed by atoms with Gasteiger partial charge in [-0.25, -0.2) is 8.78 Å². The Hall–Kier alpha value is -0.670. The zero-order valence-corrected chi connectivity index (χ0v) is 7.20. The Morgan fingerprint density at radius 3 is 2.25 bits per heavy atom. The molecule has 0 amide bonds. The Labute approximate surface area is 74.1 Å². The van der Waals surface area contributed by atoms with E-state index in [4.69, 9.17) is 17.3 Å². The van der Waals surface area contributed by atoms with Gasteiger partial charge >= 0.3 is 0 Å². The van der Waals surface area contributed by atoms with Gasteiger partial charge in [-0.1, -0.05) is 11.6 Å². The fraction of sp³-hybridized carbons (Fsp3) is 0.250. The number of benzene rings is 1. The predicted molar refractivity (Wildman–Crippen MR) is 44.0 cm³/mol. The van der Waals surface area contributed by atoms with Crippen molar-refractivity contribution >= 4 is 11.6 Å². The first-order valence-corrected chi connectivity index (χ1v) is 3.80. The molecule has 0 fully saturated rings. The standard InChI is InChI=1S/C8H8ClF2N/c1-4(12)7-5(10)2-3-6(11)8(7)9/h2-4H,12H2,1H3/t4-/m1/s1. The van der Waals surface area contributed by atoms with Gasteiger partial charge in [0, 0.05) is 11.6 Å². The SMILES string of the molecule is C[C@@H](N)c1c(F)ccc(F)c1Cl. The fourth-order valence-electron chi connectivity index (χ4n) is 0.960. The van der Waals surface area contributed by atoms with Crippen LogP contribution in [0.15, 0.2) is 12.1 Å². The van der Waals surface area contributed by atoms with E-state index in [0.29, 0.717) is 0 Å². The molecular formula is C8H8ClF2N. The molecule has 0 aliphatic heterocycles. The van der Waals surface area contributed by atoms with E-state index in [9.17, 15) is 8.78 Å². The predicted octanol–water partition coefficient (Wildman–Crippen LogP) is 2.64. The zero-order chi connectivity index (χ0) is 9.30. The van der Waals surface area contributed by atoms with Crippen LogP contribution in [0, 0.1) is 11.6 Å². The molecule has 0 radical (unpaired) electrons. The summed E-state index contributed by atoms with van der Waals surface area (Å²) in [7, 11) is 0. The lowest BCUT2D eigenvalue weighted by Crippen LogP contribution is -2.09. The minimum absolute atomic E-state index is 0.0247. The van der Waals surface area contributed by atoms with Gasteiger partial charge in [0.25, 0.3) is 0 Å². The summed E-state index contributed by atoms with van der Waals surface area (Å²) in [5.74, 6) is -1.22. The number of nitrogens with two attached hydrogens (primary N) is 1. The second kappa shape index (κ2) is 3.37. The summed E-state index contributed by atoms with van der Waals surface area (Å²) in [5, 5.41) is -0.231. The summed E-state index contributed by atoms with van der Waals surface area (Å²) >= 11 is 5.50. The van der Waals surface area contributed by atoms with E-state index in [-0.39, 0.29) is 10.6 Å². The van der Waals surface area contributed by atoms with Crippen LogP contribution in [0.5, 0.6) is 0 Å². The molecule has 0 aliphatic carbocycles. The van der Waals surface area contributed by atoms with Crippen LogP contribution in [-0.2, 0) is 0 Å². The van der Waals surface area contributed by atoms with Crippen LogP contribution < -0.4 is 5.73 Å². The molecule has 1 nitrogen and oxygen atoms in total. The van der Waals surface area contributed by atoms with Gasteiger partial charge in [0.05, 0.1) is 5.02 Å². The highest BCUT2D eigenvalue weighted by Gasteiger charge is 2.14. The third-order valence-corrected chi connectivity index (χ3v) is 1.92. The largest absolute Gasteiger partial charge is 0.324 e. The summed E-state index contributed by atoms with van der Waals surface area (Å²) in [4.78, 5) is 0. The lowest BCUT2D eigenvalue weighted by Gasteiger charge is -2.09. The molecule has 12 heavy (non-hydrogen) atoms. The van der Waals surface area contributed by atoms with Crippen molar-refractivity contribution in [3.05, 3.63) is 34.4 Å². The van der Waals surface area contributed by atoms with Gasteiger partial charge in [-0.05, 0) is 19.1 Å².